The van der Waals surface area contributed by atoms with Gasteiger partial charge < -0.3 is 51.9 Å². The van der Waals surface area contributed by atoms with Gasteiger partial charge in [-0.15, -0.1) is 0 Å². The summed E-state index contributed by atoms with van der Waals surface area (Å²) >= 11 is 6.34. The van der Waals surface area contributed by atoms with Gasteiger partial charge in [-0.3, -0.25) is 42.9 Å². The first-order valence-electron chi connectivity index (χ1n) is 29.2. The molecule has 10 rings (SSSR count). The molecule has 2 saturated heterocycles. The van der Waals surface area contributed by atoms with Gasteiger partial charge in [0.15, 0.2) is 55.1 Å². The molecule has 0 radical (unpaired) electrons. The fourth-order valence-electron chi connectivity index (χ4n) is 10.4. The zero-order valence-electron chi connectivity index (χ0n) is 51.6. The lowest BCUT2D eigenvalue weighted by Gasteiger charge is -2.42. The van der Waals surface area contributed by atoms with Gasteiger partial charge in [0, 0.05) is 11.5 Å². The van der Waals surface area contributed by atoms with Gasteiger partial charge in [0.25, 0.3) is 11.5 Å². The molecule has 31 heteroatoms. The summed E-state index contributed by atoms with van der Waals surface area (Å²) in [6, 6.07) is 35.2. The number of nitrogens with one attached hydrogen (secondary N) is 3. The van der Waals surface area contributed by atoms with Gasteiger partial charge in [-0.2, -0.15) is 10.2 Å². The highest BCUT2D eigenvalue weighted by molar-refractivity contribution is 8.07. The minimum absolute atomic E-state index is 0.0693. The number of ether oxygens (including phenoxy) is 5. The molecule has 4 aromatic carbocycles. The van der Waals surface area contributed by atoms with E-state index in [1.54, 1.807) is 63.0 Å². The van der Waals surface area contributed by atoms with Crippen LogP contribution in [0.3, 0.4) is 0 Å². The minimum Gasteiger partial charge on any atom is -0.497 e. The summed E-state index contributed by atoms with van der Waals surface area (Å²) in [5.74, 6) is -0.431. The molecular formula is C61H70FN11O15P2SSi. The molecule has 2 aliphatic rings. The number of carbonyl (C=O) groups excluding carboxylic acids is 2. The Bertz CT molecular complexity index is 4040. The van der Waals surface area contributed by atoms with Gasteiger partial charge >= 0.3 is 15.0 Å². The molecule has 2 aliphatic heterocycles. The van der Waals surface area contributed by atoms with Gasteiger partial charge in [-0.1, -0.05) is 107 Å². The van der Waals surface area contributed by atoms with Crippen molar-refractivity contribution < 1.29 is 69.6 Å². The standard InChI is InChI=1S/C61H70FN11O15P2SSi/c1-36(2)54(74)70-59-69-53-47(56(76)71-59)67-35-73(53)57-45(62)48(86-89(77)78)44(84-57)32-83-90(91,82-30-16-29-63)87-50-49(88-92(8,9)60(3,4)5)43(85-58(50)72-34-66-46-51(64-33-65-52(46)72)68-55(75)37-17-12-10-13-18-37)31-81-61(38-19-14-11-15-20-38,39-21-25-41(79-6)26-22-39)40-23-27-42(80-7)28-24-40/h10-15,17-28,33-36,43-45,48-50,57-58,89H,16,30-32H2,1-9H3,(H,77,78)(H,64,65,68,75)(H2,69,70,71,74,76)/t43-,44-,45-,48-,49-,50-,57-,58-,90?/m1/s1. The molecule has 486 valence electrons. The third-order valence-electron chi connectivity index (χ3n) is 16.1. The summed E-state index contributed by atoms with van der Waals surface area (Å²) in [7, 11) is -3.74. The number of fused-ring (bicyclic) bond motifs is 2. The topological polar surface area (TPSA) is 319 Å². The Kier molecular flexibility index (Phi) is 20.8. The maximum absolute atomic E-state index is 17.1. The fraction of sp³-hybridized carbons (Fsp3) is 0.393. The number of nitriles is 1. The van der Waals surface area contributed by atoms with Crippen molar-refractivity contribution in [3.8, 4) is 17.6 Å². The van der Waals surface area contributed by atoms with Gasteiger partial charge in [0.1, 0.15) is 53.9 Å². The van der Waals surface area contributed by atoms with Crippen LogP contribution in [0.1, 0.15) is 80.5 Å². The summed E-state index contributed by atoms with van der Waals surface area (Å²) < 4.78 is 97.6. The second kappa shape index (κ2) is 28.4. The second-order valence-corrected chi connectivity index (χ2v) is 31.9. The van der Waals surface area contributed by atoms with Crippen LogP contribution in [0.2, 0.25) is 18.1 Å². The molecule has 0 bridgehead atoms. The van der Waals surface area contributed by atoms with Crippen molar-refractivity contribution in [1.82, 2.24) is 39.0 Å². The highest BCUT2D eigenvalue weighted by atomic mass is 32.5. The number of anilines is 2. The number of nitrogens with zero attached hydrogens (tertiary/aromatic N) is 8. The average Bonchev–Trinajstić information content (AvgIpc) is 1.33. The summed E-state index contributed by atoms with van der Waals surface area (Å²) in [6.07, 6.45) is -8.78. The predicted octanol–water partition coefficient (Wildman–Crippen LogP) is 9.68. The molecule has 2 amide bonds. The molecule has 26 nitrogen and oxygen atoms in total. The smallest absolute Gasteiger partial charge is 0.327 e. The molecule has 2 fully saturated rings. The van der Waals surface area contributed by atoms with Crippen molar-refractivity contribution in [2.45, 2.75) is 114 Å². The lowest BCUT2D eigenvalue weighted by molar-refractivity contribution is -0.118. The lowest BCUT2D eigenvalue weighted by Crippen LogP contribution is -2.50. The van der Waals surface area contributed by atoms with Crippen LogP contribution in [-0.2, 0) is 63.5 Å². The molecule has 92 heavy (non-hydrogen) atoms. The van der Waals surface area contributed by atoms with E-state index in [0.717, 1.165) is 16.5 Å². The maximum atomic E-state index is 17.1. The Morgan fingerprint density at radius 2 is 1.39 bits per heavy atom. The van der Waals surface area contributed by atoms with E-state index in [0.29, 0.717) is 28.2 Å². The van der Waals surface area contributed by atoms with E-state index in [-0.39, 0.29) is 53.7 Å². The number of alkyl halides is 1. The van der Waals surface area contributed by atoms with Crippen molar-refractivity contribution >= 4 is 81.0 Å². The van der Waals surface area contributed by atoms with E-state index in [9.17, 15) is 29.1 Å². The number of aromatic nitrogens is 8. The summed E-state index contributed by atoms with van der Waals surface area (Å²) in [5, 5.41) is 14.8. The fourth-order valence-corrected chi connectivity index (χ4v) is 14.3. The average molecular weight is 1340 g/mol. The first-order chi connectivity index (χ1) is 44.0. The normalized spacial score (nSPS) is 21.2. The maximum Gasteiger partial charge on any atom is 0.327 e. The number of aromatic amines is 1. The Morgan fingerprint density at radius 3 is 1.99 bits per heavy atom. The van der Waals surface area contributed by atoms with Crippen molar-refractivity contribution in [3.05, 3.63) is 161 Å². The van der Waals surface area contributed by atoms with E-state index >= 15 is 4.39 Å². The third kappa shape index (κ3) is 14.3. The Labute approximate surface area is 535 Å². The van der Waals surface area contributed by atoms with Crippen LogP contribution in [0.5, 0.6) is 11.5 Å². The molecule has 0 spiro atoms. The monoisotopic (exact) mass is 1340 g/mol. The highest BCUT2D eigenvalue weighted by Gasteiger charge is 2.56. The van der Waals surface area contributed by atoms with E-state index in [1.807, 2.05) is 98.0 Å². The molecule has 0 saturated carbocycles. The van der Waals surface area contributed by atoms with Crippen LogP contribution in [0.4, 0.5) is 16.2 Å². The van der Waals surface area contributed by atoms with Crippen LogP contribution in [0.15, 0.2) is 133 Å². The van der Waals surface area contributed by atoms with E-state index in [4.69, 9.17) is 63.0 Å². The number of hydrogen-bond acceptors (Lipinski definition) is 21. The largest absolute Gasteiger partial charge is 0.497 e. The van der Waals surface area contributed by atoms with Gasteiger partial charge in [0.2, 0.25) is 11.9 Å². The molecule has 0 aliphatic carbocycles. The van der Waals surface area contributed by atoms with Gasteiger partial charge in [-0.05, 0) is 83.0 Å². The number of rotatable bonds is 26. The molecule has 4 N–H and O–H groups in total. The van der Waals surface area contributed by atoms with Gasteiger partial charge in [0.05, 0.1) is 59.2 Å². The van der Waals surface area contributed by atoms with Crippen LogP contribution < -0.4 is 25.7 Å². The summed E-state index contributed by atoms with van der Waals surface area (Å²) in [5.41, 5.74) is 0.245. The Balaban J connectivity index is 1.08. The van der Waals surface area contributed by atoms with Crippen LogP contribution in [-0.4, -0.2) is 135 Å². The summed E-state index contributed by atoms with van der Waals surface area (Å²) in [6.45, 7) is 7.83. The van der Waals surface area contributed by atoms with Crippen molar-refractivity contribution in [1.29, 1.82) is 5.26 Å². The molecule has 8 aromatic rings. The minimum atomic E-state index is -4.39. The van der Waals surface area contributed by atoms with Gasteiger partial charge in [-0.25, -0.2) is 24.3 Å². The zero-order valence-corrected chi connectivity index (χ0v) is 55.3. The number of H-pyrrole nitrogens is 1. The lowest BCUT2D eigenvalue weighted by atomic mass is 9.80. The molecule has 4 aromatic heterocycles. The van der Waals surface area contributed by atoms with E-state index < -0.39 is 113 Å². The van der Waals surface area contributed by atoms with Crippen molar-refractivity contribution in [2.24, 2.45) is 5.92 Å². The zero-order chi connectivity index (χ0) is 65.7. The van der Waals surface area contributed by atoms with Crippen LogP contribution in [0.25, 0.3) is 22.3 Å². The third-order valence-corrected chi connectivity index (χ3v) is 23.5. The first-order valence-corrected chi connectivity index (χ1v) is 36.0. The van der Waals surface area contributed by atoms with Crippen molar-refractivity contribution in [3.63, 3.8) is 0 Å². The number of halogens is 1. The molecule has 10 atom stereocenters. The quantitative estimate of drug-likeness (QED) is 0.0170. The summed E-state index contributed by atoms with van der Waals surface area (Å²) in [4.78, 5) is 74.5. The second-order valence-electron chi connectivity index (χ2n) is 23.4. The van der Waals surface area contributed by atoms with E-state index in [2.05, 4.69) is 56.3 Å². The number of carbonyl (C=O) groups is 2. The Morgan fingerprint density at radius 1 is 0.804 bits per heavy atom. The first kappa shape index (κ1) is 67.4. The number of methoxy groups -OCH3 is 2. The number of benzene rings is 4. The molecule has 2 unspecified atom stereocenters. The number of imidazole rings is 2. The molecule has 6 heterocycles. The van der Waals surface area contributed by atoms with Crippen LogP contribution >= 0.6 is 15.0 Å². The predicted molar refractivity (Wildman–Crippen MR) is 342 cm³/mol. The van der Waals surface area contributed by atoms with Crippen LogP contribution in [0, 0.1) is 17.2 Å². The molecular weight excluding hydrogens is 1270 g/mol. The SMILES string of the molecule is COc1ccc(C(OC[C@H]2O[C@@H](n3cnc4c(NC(=O)c5ccccc5)ncnc43)[C@H](OP(=S)(OCCC#N)OC[C@H]3O[C@@H](n4cnc5c(=O)[nH]c(NC(=O)C(C)C)nc54)[C@H](F)[C@@H]3O[PH](=O)O)[C@@H]2O[Si](C)(C)C(C)(C)C)(c2ccccc2)c2ccc(OC)cc2)cc1. The van der Waals surface area contributed by atoms with Crippen molar-refractivity contribution in [2.75, 3.05) is 44.7 Å². The Hall–Kier alpha value is -7.52. The number of amides is 2. The highest BCUT2D eigenvalue weighted by Crippen LogP contribution is 2.57. The number of hydrogen-bond donors (Lipinski definition) is 4. The van der Waals surface area contributed by atoms with E-state index in [1.165, 1.54) is 12.7 Å².